The molecule has 2 aromatic carbocycles. The standard InChI is InChI=1S/C23H24N4/c1-14-10-15(2)22(16(3)11-14)27-13-25-21-19(12-17(4)26-23(21)27)20(24)18-8-6-5-7-9-18/h5-13,20H,24H2,1-4H3. The number of imidazole rings is 1. The third-order valence-electron chi connectivity index (χ3n) is 5.03. The molecule has 4 rings (SSSR count). The lowest BCUT2D eigenvalue weighted by atomic mass is 9.99. The predicted molar refractivity (Wildman–Crippen MR) is 110 cm³/mol. The summed E-state index contributed by atoms with van der Waals surface area (Å²) < 4.78 is 2.09. The van der Waals surface area contributed by atoms with Crippen molar-refractivity contribution in [2.75, 3.05) is 0 Å². The minimum atomic E-state index is -0.237. The Morgan fingerprint density at radius 3 is 2.26 bits per heavy atom. The molecule has 2 aromatic heterocycles. The molecule has 4 aromatic rings. The van der Waals surface area contributed by atoms with Gasteiger partial charge in [-0.2, -0.15) is 0 Å². The van der Waals surface area contributed by atoms with Crippen LogP contribution in [-0.2, 0) is 0 Å². The van der Waals surface area contributed by atoms with Gasteiger partial charge in [-0.25, -0.2) is 9.97 Å². The minimum Gasteiger partial charge on any atom is -0.320 e. The summed E-state index contributed by atoms with van der Waals surface area (Å²) in [5.41, 5.74) is 16.1. The Kier molecular flexibility index (Phi) is 4.28. The summed E-state index contributed by atoms with van der Waals surface area (Å²) in [6.45, 7) is 8.39. The van der Waals surface area contributed by atoms with Gasteiger partial charge in [0.2, 0.25) is 0 Å². The fourth-order valence-electron chi connectivity index (χ4n) is 3.94. The van der Waals surface area contributed by atoms with Gasteiger partial charge in [0.15, 0.2) is 5.65 Å². The number of nitrogens with two attached hydrogens (primary N) is 1. The Hall–Kier alpha value is -2.98. The smallest absolute Gasteiger partial charge is 0.165 e. The third-order valence-corrected chi connectivity index (χ3v) is 5.03. The lowest BCUT2D eigenvalue weighted by molar-refractivity contribution is 0.873. The van der Waals surface area contributed by atoms with Gasteiger partial charge in [0.1, 0.15) is 11.8 Å². The zero-order valence-electron chi connectivity index (χ0n) is 16.2. The van der Waals surface area contributed by atoms with Crippen LogP contribution in [0.15, 0.2) is 54.9 Å². The van der Waals surface area contributed by atoms with Crippen molar-refractivity contribution >= 4 is 11.2 Å². The summed E-state index contributed by atoms with van der Waals surface area (Å²) in [7, 11) is 0. The number of nitrogens with zero attached hydrogens (tertiary/aromatic N) is 3. The SMILES string of the molecule is Cc1cc(C)c(-n2cnc3c(C(N)c4ccccc4)cc(C)nc32)c(C)c1. The van der Waals surface area contributed by atoms with E-state index in [1.54, 1.807) is 0 Å². The summed E-state index contributed by atoms with van der Waals surface area (Å²) >= 11 is 0. The molecular weight excluding hydrogens is 332 g/mol. The van der Waals surface area contributed by atoms with Crippen molar-refractivity contribution in [3.05, 3.63) is 88.4 Å². The van der Waals surface area contributed by atoms with Gasteiger partial charge in [0.25, 0.3) is 0 Å². The van der Waals surface area contributed by atoms with Crippen LogP contribution in [0.1, 0.15) is 39.6 Å². The predicted octanol–water partition coefficient (Wildman–Crippen LogP) is 4.70. The van der Waals surface area contributed by atoms with Crippen molar-refractivity contribution in [3.8, 4) is 5.69 Å². The van der Waals surface area contributed by atoms with Gasteiger partial charge in [-0.05, 0) is 50.5 Å². The summed E-state index contributed by atoms with van der Waals surface area (Å²) in [5.74, 6) is 0. The lowest BCUT2D eigenvalue weighted by Gasteiger charge is -2.15. The largest absolute Gasteiger partial charge is 0.320 e. The number of benzene rings is 2. The fraction of sp³-hybridized carbons (Fsp3) is 0.217. The summed E-state index contributed by atoms with van der Waals surface area (Å²) in [4.78, 5) is 9.51. The Labute approximate surface area is 159 Å². The van der Waals surface area contributed by atoms with Crippen molar-refractivity contribution in [1.82, 2.24) is 14.5 Å². The molecule has 0 amide bonds. The Bertz CT molecular complexity index is 1100. The molecule has 1 atom stereocenters. The highest BCUT2D eigenvalue weighted by Crippen LogP contribution is 2.30. The molecule has 2 N–H and O–H groups in total. The van der Waals surface area contributed by atoms with E-state index in [1.165, 1.54) is 16.7 Å². The van der Waals surface area contributed by atoms with Crippen LogP contribution < -0.4 is 5.73 Å². The summed E-state index contributed by atoms with van der Waals surface area (Å²) in [6.07, 6.45) is 1.86. The Balaban J connectivity index is 1.94. The first-order chi connectivity index (χ1) is 13.0. The van der Waals surface area contributed by atoms with E-state index in [0.717, 1.165) is 33.7 Å². The molecule has 136 valence electrons. The average Bonchev–Trinajstić information content (AvgIpc) is 3.04. The van der Waals surface area contributed by atoms with E-state index in [0.29, 0.717) is 0 Å². The van der Waals surface area contributed by atoms with Gasteiger partial charge in [-0.3, -0.25) is 4.57 Å². The van der Waals surface area contributed by atoms with E-state index >= 15 is 0 Å². The topological polar surface area (TPSA) is 56.7 Å². The van der Waals surface area contributed by atoms with E-state index in [9.17, 15) is 0 Å². The number of aromatic nitrogens is 3. The number of hydrogen-bond donors (Lipinski definition) is 1. The molecule has 0 saturated carbocycles. The van der Waals surface area contributed by atoms with E-state index in [-0.39, 0.29) is 6.04 Å². The number of aryl methyl sites for hydroxylation is 4. The first-order valence-corrected chi connectivity index (χ1v) is 9.19. The quantitative estimate of drug-likeness (QED) is 0.579. The van der Waals surface area contributed by atoms with Crippen molar-refractivity contribution in [3.63, 3.8) is 0 Å². The minimum absolute atomic E-state index is 0.237. The maximum atomic E-state index is 6.60. The molecule has 0 radical (unpaired) electrons. The van der Waals surface area contributed by atoms with Crippen LogP contribution in [0.2, 0.25) is 0 Å². The first-order valence-electron chi connectivity index (χ1n) is 9.19. The van der Waals surface area contributed by atoms with Crippen molar-refractivity contribution in [2.45, 2.75) is 33.7 Å². The molecular formula is C23H24N4. The zero-order valence-corrected chi connectivity index (χ0v) is 16.2. The molecule has 4 nitrogen and oxygen atoms in total. The van der Waals surface area contributed by atoms with E-state index < -0.39 is 0 Å². The highest BCUT2D eigenvalue weighted by atomic mass is 15.1. The maximum Gasteiger partial charge on any atom is 0.165 e. The van der Waals surface area contributed by atoms with Gasteiger partial charge in [-0.1, -0.05) is 48.0 Å². The highest BCUT2D eigenvalue weighted by Gasteiger charge is 2.19. The second kappa shape index (κ2) is 6.63. The molecule has 27 heavy (non-hydrogen) atoms. The van der Waals surface area contributed by atoms with Crippen molar-refractivity contribution in [1.29, 1.82) is 0 Å². The summed E-state index contributed by atoms with van der Waals surface area (Å²) in [6, 6.07) is 16.3. The molecule has 0 aliphatic heterocycles. The van der Waals surface area contributed by atoms with Crippen LogP contribution >= 0.6 is 0 Å². The zero-order chi connectivity index (χ0) is 19.1. The number of rotatable bonds is 3. The van der Waals surface area contributed by atoms with E-state index in [2.05, 4.69) is 49.6 Å². The molecule has 0 aliphatic rings. The fourth-order valence-corrected chi connectivity index (χ4v) is 3.94. The Morgan fingerprint density at radius 1 is 0.926 bits per heavy atom. The average molecular weight is 356 g/mol. The molecule has 1 unspecified atom stereocenters. The van der Waals surface area contributed by atoms with Crippen LogP contribution in [0.25, 0.3) is 16.9 Å². The van der Waals surface area contributed by atoms with Gasteiger partial charge in [-0.15, -0.1) is 0 Å². The lowest BCUT2D eigenvalue weighted by Crippen LogP contribution is -2.13. The van der Waals surface area contributed by atoms with Crippen molar-refractivity contribution in [2.24, 2.45) is 5.73 Å². The van der Waals surface area contributed by atoms with Gasteiger partial charge < -0.3 is 5.73 Å². The molecule has 0 saturated heterocycles. The number of pyridine rings is 1. The molecule has 0 fully saturated rings. The molecule has 2 heterocycles. The first kappa shape index (κ1) is 17.4. The van der Waals surface area contributed by atoms with E-state index in [4.69, 9.17) is 15.7 Å². The number of hydrogen-bond acceptors (Lipinski definition) is 3. The Morgan fingerprint density at radius 2 is 1.59 bits per heavy atom. The second-order valence-electron chi connectivity index (χ2n) is 7.28. The second-order valence-corrected chi connectivity index (χ2v) is 7.28. The summed E-state index contributed by atoms with van der Waals surface area (Å²) in [5, 5.41) is 0. The van der Waals surface area contributed by atoms with Crippen LogP contribution in [0.5, 0.6) is 0 Å². The van der Waals surface area contributed by atoms with Crippen molar-refractivity contribution < 1.29 is 0 Å². The highest BCUT2D eigenvalue weighted by molar-refractivity contribution is 5.79. The third kappa shape index (κ3) is 3.02. The van der Waals surface area contributed by atoms with Crippen LogP contribution in [0, 0.1) is 27.7 Å². The monoisotopic (exact) mass is 356 g/mol. The maximum absolute atomic E-state index is 6.60. The van der Waals surface area contributed by atoms with Crippen LogP contribution in [-0.4, -0.2) is 14.5 Å². The molecule has 0 bridgehead atoms. The molecule has 0 aliphatic carbocycles. The number of fused-ring (bicyclic) bond motifs is 1. The van der Waals surface area contributed by atoms with Crippen LogP contribution in [0.3, 0.4) is 0 Å². The van der Waals surface area contributed by atoms with Gasteiger partial charge in [0.05, 0.1) is 11.7 Å². The van der Waals surface area contributed by atoms with Gasteiger partial charge >= 0.3 is 0 Å². The molecule has 0 spiro atoms. The molecule has 4 heteroatoms. The van der Waals surface area contributed by atoms with E-state index in [1.807, 2.05) is 37.5 Å². The van der Waals surface area contributed by atoms with Gasteiger partial charge in [0, 0.05) is 11.3 Å². The van der Waals surface area contributed by atoms with Crippen LogP contribution in [0.4, 0.5) is 0 Å². The normalized spacial score (nSPS) is 12.5.